The van der Waals surface area contributed by atoms with Gasteiger partial charge in [-0.25, -0.2) is 0 Å². The van der Waals surface area contributed by atoms with Gasteiger partial charge in [-0.1, -0.05) is 30.7 Å². The topological polar surface area (TPSA) is 12.0 Å². The first kappa shape index (κ1) is 14.3. The molecule has 1 aromatic carbocycles. The Labute approximate surface area is 120 Å². The molecule has 0 radical (unpaired) electrons. The molecular formula is C15H23NS2. The van der Waals surface area contributed by atoms with Crippen LogP contribution in [0.3, 0.4) is 0 Å². The molecular weight excluding hydrogens is 258 g/mol. The van der Waals surface area contributed by atoms with Gasteiger partial charge in [0.1, 0.15) is 0 Å². The normalized spacial score (nSPS) is 26.0. The monoisotopic (exact) mass is 281 g/mol. The van der Waals surface area contributed by atoms with Crippen molar-refractivity contribution in [1.82, 2.24) is 5.32 Å². The number of benzene rings is 1. The van der Waals surface area contributed by atoms with Gasteiger partial charge >= 0.3 is 0 Å². The predicted octanol–water partition coefficient (Wildman–Crippen LogP) is 3.80. The van der Waals surface area contributed by atoms with Crippen LogP contribution in [0.4, 0.5) is 0 Å². The van der Waals surface area contributed by atoms with Crippen molar-refractivity contribution in [2.75, 3.05) is 18.6 Å². The fourth-order valence-corrected chi connectivity index (χ4v) is 5.59. The summed E-state index contributed by atoms with van der Waals surface area (Å²) in [6.45, 7) is 6.78. The average Bonchev–Trinajstić information content (AvgIpc) is 2.36. The zero-order valence-electron chi connectivity index (χ0n) is 11.7. The molecule has 0 spiro atoms. The van der Waals surface area contributed by atoms with Crippen LogP contribution in [0, 0.1) is 13.8 Å². The van der Waals surface area contributed by atoms with Gasteiger partial charge in [0.25, 0.3) is 0 Å². The van der Waals surface area contributed by atoms with E-state index in [2.05, 4.69) is 74.9 Å². The summed E-state index contributed by atoms with van der Waals surface area (Å²) in [7, 11) is 2.10. The number of rotatable bonds is 3. The van der Waals surface area contributed by atoms with Crippen LogP contribution < -0.4 is 5.32 Å². The van der Waals surface area contributed by atoms with Crippen molar-refractivity contribution < 1.29 is 0 Å². The van der Waals surface area contributed by atoms with Crippen LogP contribution in [-0.4, -0.2) is 29.1 Å². The summed E-state index contributed by atoms with van der Waals surface area (Å²) in [5.41, 5.74) is 4.24. The van der Waals surface area contributed by atoms with E-state index in [1.165, 1.54) is 28.2 Å². The van der Waals surface area contributed by atoms with E-state index >= 15 is 0 Å². The summed E-state index contributed by atoms with van der Waals surface area (Å²) >= 11 is 4.24. The van der Waals surface area contributed by atoms with Crippen LogP contribution in [0.5, 0.6) is 0 Å². The van der Waals surface area contributed by atoms with Crippen molar-refractivity contribution in [3.05, 3.63) is 34.9 Å². The van der Waals surface area contributed by atoms with E-state index in [4.69, 9.17) is 0 Å². The Kier molecular flexibility index (Phi) is 5.05. The van der Waals surface area contributed by atoms with E-state index in [0.29, 0.717) is 11.3 Å². The van der Waals surface area contributed by atoms with E-state index in [9.17, 15) is 0 Å². The Morgan fingerprint density at radius 2 is 1.94 bits per heavy atom. The number of hydrogen-bond acceptors (Lipinski definition) is 3. The molecule has 18 heavy (non-hydrogen) atoms. The first-order valence-corrected chi connectivity index (χ1v) is 8.71. The maximum atomic E-state index is 3.55. The molecule has 1 nitrogen and oxygen atoms in total. The van der Waals surface area contributed by atoms with Gasteiger partial charge in [-0.05, 0) is 32.0 Å². The third kappa shape index (κ3) is 3.06. The highest BCUT2D eigenvalue weighted by atomic mass is 32.2. The number of thioether (sulfide) groups is 2. The van der Waals surface area contributed by atoms with Gasteiger partial charge in [-0.15, -0.1) is 0 Å². The molecule has 0 aromatic heterocycles. The molecule has 0 aliphatic carbocycles. The number of aryl methyl sites for hydroxylation is 2. The molecule has 1 N–H and O–H groups in total. The fraction of sp³-hybridized carbons (Fsp3) is 0.600. The van der Waals surface area contributed by atoms with Crippen LogP contribution in [0.1, 0.15) is 29.7 Å². The Balaban J connectivity index is 2.29. The standard InChI is InChI=1S/C15H23NS2/c1-10-5-6-11(2)13(9-10)14(16-4)15-12(3)17-7-8-18-15/h5-6,9,12,14-16H,7-8H2,1-4H3. The van der Waals surface area contributed by atoms with Gasteiger partial charge in [-0.2, -0.15) is 23.5 Å². The summed E-state index contributed by atoms with van der Waals surface area (Å²) < 4.78 is 0. The summed E-state index contributed by atoms with van der Waals surface area (Å²) in [5.74, 6) is 2.58. The van der Waals surface area contributed by atoms with Gasteiger partial charge < -0.3 is 5.32 Å². The van der Waals surface area contributed by atoms with Crippen LogP contribution in [-0.2, 0) is 0 Å². The summed E-state index contributed by atoms with van der Waals surface area (Å²) in [6, 6.07) is 7.28. The quantitative estimate of drug-likeness (QED) is 0.905. The van der Waals surface area contributed by atoms with E-state index < -0.39 is 0 Å². The van der Waals surface area contributed by atoms with E-state index in [1.54, 1.807) is 0 Å². The molecule has 3 atom stereocenters. The molecule has 3 unspecified atom stereocenters. The molecule has 0 bridgehead atoms. The SMILES string of the molecule is CNC(c1cc(C)ccc1C)C1SCCSC1C. The molecule has 0 saturated carbocycles. The highest BCUT2D eigenvalue weighted by Crippen LogP contribution is 2.39. The molecule has 1 aliphatic heterocycles. The lowest BCUT2D eigenvalue weighted by Gasteiger charge is -2.35. The van der Waals surface area contributed by atoms with Crippen molar-refractivity contribution in [2.24, 2.45) is 0 Å². The number of hydrogen-bond donors (Lipinski definition) is 1. The second-order valence-corrected chi connectivity index (χ2v) is 7.81. The minimum Gasteiger partial charge on any atom is -0.312 e. The largest absolute Gasteiger partial charge is 0.312 e. The highest BCUT2D eigenvalue weighted by molar-refractivity contribution is 8.07. The molecule has 1 fully saturated rings. The Hall–Kier alpha value is -0.120. The second-order valence-electron chi connectivity index (χ2n) is 5.04. The summed E-state index contributed by atoms with van der Waals surface area (Å²) in [6.07, 6.45) is 0. The number of nitrogens with one attached hydrogen (secondary N) is 1. The minimum absolute atomic E-state index is 0.470. The first-order chi connectivity index (χ1) is 8.63. The lowest BCUT2D eigenvalue weighted by molar-refractivity contribution is 0.558. The molecule has 1 aromatic rings. The molecule has 100 valence electrons. The van der Waals surface area contributed by atoms with Crippen molar-refractivity contribution in [2.45, 2.75) is 37.3 Å². The Morgan fingerprint density at radius 3 is 2.61 bits per heavy atom. The molecule has 1 saturated heterocycles. The maximum absolute atomic E-state index is 3.55. The average molecular weight is 281 g/mol. The van der Waals surface area contributed by atoms with Crippen LogP contribution in [0.25, 0.3) is 0 Å². The zero-order valence-corrected chi connectivity index (χ0v) is 13.3. The second kappa shape index (κ2) is 6.36. The predicted molar refractivity (Wildman–Crippen MR) is 85.9 cm³/mol. The van der Waals surface area contributed by atoms with Crippen LogP contribution in [0.2, 0.25) is 0 Å². The molecule has 2 rings (SSSR count). The lowest BCUT2D eigenvalue weighted by Crippen LogP contribution is -2.36. The van der Waals surface area contributed by atoms with Gasteiger partial charge in [0.15, 0.2) is 0 Å². The third-order valence-corrected chi connectivity index (χ3v) is 6.84. The van der Waals surface area contributed by atoms with Gasteiger partial charge in [0, 0.05) is 28.0 Å². The van der Waals surface area contributed by atoms with Gasteiger partial charge in [0.2, 0.25) is 0 Å². The minimum atomic E-state index is 0.470. The van der Waals surface area contributed by atoms with Crippen LogP contribution >= 0.6 is 23.5 Å². The van der Waals surface area contributed by atoms with E-state index in [-0.39, 0.29) is 0 Å². The van der Waals surface area contributed by atoms with Crippen molar-refractivity contribution >= 4 is 23.5 Å². The zero-order chi connectivity index (χ0) is 13.1. The Morgan fingerprint density at radius 1 is 1.22 bits per heavy atom. The smallest absolute Gasteiger partial charge is 0.0451 e. The van der Waals surface area contributed by atoms with Gasteiger partial charge in [-0.3, -0.25) is 0 Å². The van der Waals surface area contributed by atoms with E-state index in [1.807, 2.05) is 0 Å². The van der Waals surface area contributed by atoms with Crippen molar-refractivity contribution in [3.63, 3.8) is 0 Å². The molecule has 1 heterocycles. The molecule has 1 aliphatic rings. The van der Waals surface area contributed by atoms with Crippen LogP contribution in [0.15, 0.2) is 18.2 Å². The Bertz CT molecular complexity index is 405. The van der Waals surface area contributed by atoms with Gasteiger partial charge in [0.05, 0.1) is 0 Å². The summed E-state index contributed by atoms with van der Waals surface area (Å²) in [4.78, 5) is 0. The summed E-state index contributed by atoms with van der Waals surface area (Å²) in [5, 5.41) is 4.95. The van der Waals surface area contributed by atoms with Crippen molar-refractivity contribution in [1.29, 1.82) is 0 Å². The molecule has 0 amide bonds. The first-order valence-electron chi connectivity index (χ1n) is 6.61. The third-order valence-electron chi connectivity index (χ3n) is 3.65. The van der Waals surface area contributed by atoms with Crippen molar-refractivity contribution in [3.8, 4) is 0 Å². The van der Waals surface area contributed by atoms with E-state index in [0.717, 1.165) is 5.25 Å². The lowest BCUT2D eigenvalue weighted by atomic mass is 9.95. The molecule has 3 heteroatoms. The maximum Gasteiger partial charge on any atom is 0.0451 e. The fourth-order valence-electron chi connectivity index (χ4n) is 2.61. The highest BCUT2D eigenvalue weighted by Gasteiger charge is 2.31.